The molecule has 0 aliphatic carbocycles. The number of nitrogens with one attached hydrogen (secondary N) is 2. The molecule has 1 aromatic carbocycles. The summed E-state index contributed by atoms with van der Waals surface area (Å²) in [5.74, 6) is 0.164. The zero-order valence-corrected chi connectivity index (χ0v) is 17.1. The summed E-state index contributed by atoms with van der Waals surface area (Å²) in [5.41, 5.74) is -0.922. The Bertz CT molecular complexity index is 990. The lowest BCUT2D eigenvalue weighted by molar-refractivity contribution is 0.262. The molecule has 0 saturated carbocycles. The van der Waals surface area contributed by atoms with Crippen LogP contribution in [-0.4, -0.2) is 60.3 Å². The first-order chi connectivity index (χ1) is 12.7. The summed E-state index contributed by atoms with van der Waals surface area (Å²) >= 11 is 0. The van der Waals surface area contributed by atoms with Crippen molar-refractivity contribution in [1.82, 2.24) is 19.2 Å². The molecule has 0 atom stereocenters. The molecular weight excluding hydrogens is 368 g/mol. The molecule has 0 aliphatic heterocycles. The molecule has 0 fully saturated rings. The first-order valence-corrected chi connectivity index (χ1v) is 10.6. The number of benzene rings is 1. The second-order valence-electron chi connectivity index (χ2n) is 6.90. The molecule has 2 N–H and O–H groups in total. The Morgan fingerprint density at radius 1 is 1.04 bits per heavy atom. The highest BCUT2D eigenvalue weighted by Crippen LogP contribution is 2.20. The summed E-state index contributed by atoms with van der Waals surface area (Å²) in [4.78, 5) is 30.2. The van der Waals surface area contributed by atoms with Gasteiger partial charge in [0, 0.05) is 19.6 Å². The molecule has 0 bridgehead atoms. The third-order valence-electron chi connectivity index (χ3n) is 4.48. The quantitative estimate of drug-likeness (QED) is 0.663. The lowest BCUT2D eigenvalue weighted by Crippen LogP contribution is -2.40. The van der Waals surface area contributed by atoms with Crippen LogP contribution in [0.5, 0.6) is 0 Å². The first kappa shape index (κ1) is 21.3. The molecular formula is C18H28N4O4S. The molecule has 150 valence electrons. The summed E-state index contributed by atoms with van der Waals surface area (Å²) in [6.45, 7) is 11.1. The minimum atomic E-state index is -3.76. The van der Waals surface area contributed by atoms with Gasteiger partial charge in [-0.15, -0.1) is 0 Å². The van der Waals surface area contributed by atoms with Gasteiger partial charge >= 0.3 is 5.69 Å². The SMILES string of the molecule is CCN(CC)CCN(CC(C)C)S(=O)(=O)c1ccc2[nH]c(=O)[nH]c(=O)c2c1. The zero-order chi connectivity index (χ0) is 20.2. The van der Waals surface area contributed by atoms with E-state index in [0.717, 1.165) is 13.1 Å². The molecule has 1 aromatic heterocycles. The largest absolute Gasteiger partial charge is 0.326 e. The fourth-order valence-electron chi connectivity index (χ4n) is 2.96. The van der Waals surface area contributed by atoms with Crippen molar-refractivity contribution in [2.24, 2.45) is 5.92 Å². The highest BCUT2D eigenvalue weighted by molar-refractivity contribution is 7.89. The van der Waals surface area contributed by atoms with Crippen molar-refractivity contribution in [1.29, 1.82) is 0 Å². The topological polar surface area (TPSA) is 106 Å². The zero-order valence-electron chi connectivity index (χ0n) is 16.3. The van der Waals surface area contributed by atoms with Crippen molar-refractivity contribution >= 4 is 20.9 Å². The lowest BCUT2D eigenvalue weighted by atomic mass is 10.2. The van der Waals surface area contributed by atoms with Crippen LogP contribution in [0.2, 0.25) is 0 Å². The number of sulfonamides is 1. The van der Waals surface area contributed by atoms with Gasteiger partial charge in [0.1, 0.15) is 0 Å². The summed E-state index contributed by atoms with van der Waals surface area (Å²) in [5, 5.41) is 0.143. The number of nitrogens with zero attached hydrogens (tertiary/aromatic N) is 2. The predicted molar refractivity (Wildman–Crippen MR) is 107 cm³/mol. The van der Waals surface area contributed by atoms with Crippen LogP contribution in [0.3, 0.4) is 0 Å². The van der Waals surface area contributed by atoms with E-state index < -0.39 is 21.3 Å². The molecule has 0 aliphatic rings. The van der Waals surface area contributed by atoms with Gasteiger partial charge in [-0.05, 0) is 37.2 Å². The molecule has 0 radical (unpaired) electrons. The van der Waals surface area contributed by atoms with Gasteiger partial charge in [0.05, 0.1) is 15.8 Å². The summed E-state index contributed by atoms with van der Waals surface area (Å²) in [6.07, 6.45) is 0. The average Bonchev–Trinajstić information content (AvgIpc) is 2.60. The van der Waals surface area contributed by atoms with Crippen LogP contribution in [0, 0.1) is 5.92 Å². The van der Waals surface area contributed by atoms with Crippen molar-refractivity contribution in [3.63, 3.8) is 0 Å². The Balaban J connectivity index is 2.43. The molecule has 27 heavy (non-hydrogen) atoms. The van der Waals surface area contributed by atoms with E-state index in [1.54, 1.807) is 0 Å². The van der Waals surface area contributed by atoms with Gasteiger partial charge < -0.3 is 9.88 Å². The van der Waals surface area contributed by atoms with Crippen molar-refractivity contribution in [3.05, 3.63) is 39.0 Å². The summed E-state index contributed by atoms with van der Waals surface area (Å²) in [6, 6.07) is 4.21. The van der Waals surface area contributed by atoms with Crippen LogP contribution < -0.4 is 11.2 Å². The van der Waals surface area contributed by atoms with E-state index >= 15 is 0 Å². The highest BCUT2D eigenvalue weighted by atomic mass is 32.2. The maximum atomic E-state index is 13.2. The normalized spacial score (nSPS) is 12.6. The maximum absolute atomic E-state index is 13.2. The Hall–Kier alpha value is -1.97. The lowest BCUT2D eigenvalue weighted by Gasteiger charge is -2.27. The van der Waals surface area contributed by atoms with Crippen molar-refractivity contribution in [3.8, 4) is 0 Å². The van der Waals surface area contributed by atoms with Gasteiger partial charge in [-0.3, -0.25) is 9.78 Å². The third-order valence-corrected chi connectivity index (χ3v) is 6.34. The number of fused-ring (bicyclic) bond motifs is 1. The van der Waals surface area contributed by atoms with E-state index in [1.165, 1.54) is 22.5 Å². The highest BCUT2D eigenvalue weighted by Gasteiger charge is 2.26. The van der Waals surface area contributed by atoms with Crippen LogP contribution in [-0.2, 0) is 10.0 Å². The number of aromatic nitrogens is 2. The van der Waals surface area contributed by atoms with Gasteiger partial charge in [-0.1, -0.05) is 27.7 Å². The van der Waals surface area contributed by atoms with E-state index in [2.05, 4.69) is 14.9 Å². The van der Waals surface area contributed by atoms with Crippen LogP contribution >= 0.6 is 0 Å². The molecule has 9 heteroatoms. The Kier molecular flexibility index (Phi) is 6.96. The van der Waals surface area contributed by atoms with Crippen LogP contribution in [0.4, 0.5) is 0 Å². The second-order valence-corrected chi connectivity index (χ2v) is 8.84. The smallest absolute Gasteiger partial charge is 0.307 e. The summed E-state index contributed by atoms with van der Waals surface area (Å²) in [7, 11) is -3.76. The Labute approximate surface area is 159 Å². The van der Waals surface area contributed by atoms with Gasteiger partial charge in [0.2, 0.25) is 10.0 Å². The Morgan fingerprint density at radius 3 is 2.30 bits per heavy atom. The first-order valence-electron chi connectivity index (χ1n) is 9.17. The van der Waals surface area contributed by atoms with Crippen molar-refractivity contribution in [2.75, 3.05) is 32.7 Å². The van der Waals surface area contributed by atoms with Gasteiger partial charge in [-0.25, -0.2) is 13.2 Å². The molecule has 2 rings (SSSR count). The third kappa shape index (κ3) is 5.06. The number of H-pyrrole nitrogens is 2. The van der Waals surface area contributed by atoms with E-state index in [-0.39, 0.29) is 16.2 Å². The van der Waals surface area contributed by atoms with Gasteiger partial charge in [0.25, 0.3) is 5.56 Å². The number of hydrogen-bond acceptors (Lipinski definition) is 5. The molecule has 2 aromatic rings. The van der Waals surface area contributed by atoms with Gasteiger partial charge in [0.15, 0.2) is 0 Å². The molecule has 0 saturated heterocycles. The molecule has 0 spiro atoms. The monoisotopic (exact) mass is 396 g/mol. The average molecular weight is 397 g/mol. The van der Waals surface area contributed by atoms with E-state index in [9.17, 15) is 18.0 Å². The molecule has 1 heterocycles. The second kappa shape index (κ2) is 8.81. The number of hydrogen-bond donors (Lipinski definition) is 2. The Morgan fingerprint density at radius 2 is 1.70 bits per heavy atom. The van der Waals surface area contributed by atoms with Crippen molar-refractivity contribution < 1.29 is 8.42 Å². The van der Waals surface area contributed by atoms with Gasteiger partial charge in [-0.2, -0.15) is 4.31 Å². The number of rotatable bonds is 9. The van der Waals surface area contributed by atoms with Crippen LogP contribution in [0.1, 0.15) is 27.7 Å². The predicted octanol–water partition coefficient (Wildman–Crippen LogP) is 1.20. The van der Waals surface area contributed by atoms with E-state index in [4.69, 9.17) is 0 Å². The molecule has 0 unspecified atom stereocenters. The van der Waals surface area contributed by atoms with E-state index in [1.807, 2.05) is 27.7 Å². The molecule has 8 nitrogen and oxygen atoms in total. The number of aromatic amines is 2. The fraction of sp³-hybridized carbons (Fsp3) is 0.556. The van der Waals surface area contributed by atoms with Crippen LogP contribution in [0.25, 0.3) is 10.9 Å². The maximum Gasteiger partial charge on any atom is 0.326 e. The fourth-order valence-corrected chi connectivity index (χ4v) is 4.58. The van der Waals surface area contributed by atoms with Crippen LogP contribution in [0.15, 0.2) is 32.7 Å². The van der Waals surface area contributed by atoms with E-state index in [0.29, 0.717) is 25.2 Å². The minimum absolute atomic E-state index is 0.0488. The minimum Gasteiger partial charge on any atom is -0.307 e. The van der Waals surface area contributed by atoms with Crippen molar-refractivity contribution in [2.45, 2.75) is 32.6 Å². The standard InChI is InChI=1S/C18H28N4O4S/c1-5-21(6-2)9-10-22(12-13(3)4)27(25,26)14-7-8-16-15(11-14)17(23)20-18(24)19-16/h7-8,11,13H,5-6,9-10,12H2,1-4H3,(H2,19,20,23,24). The molecule has 0 amide bonds. The number of likely N-dealkylation sites (N-methyl/N-ethyl adjacent to an activating group) is 1. The summed E-state index contributed by atoms with van der Waals surface area (Å²) < 4.78 is 27.9.